The maximum Gasteiger partial charge on any atom is 0.223 e. The third-order valence-electron chi connectivity index (χ3n) is 3.54. The first-order valence-electron chi connectivity index (χ1n) is 7.86. The van der Waals surface area contributed by atoms with Crippen LogP contribution in [0.1, 0.15) is 33.3 Å². The summed E-state index contributed by atoms with van der Waals surface area (Å²) in [6.45, 7) is 9.85. The number of anilines is 2. The Morgan fingerprint density at radius 3 is 2.78 bits per heavy atom. The molecule has 0 unspecified atom stereocenters. The van der Waals surface area contributed by atoms with Gasteiger partial charge in [-0.15, -0.1) is 0 Å². The highest BCUT2D eigenvalue weighted by atomic mass is 32.2. The van der Waals surface area contributed by atoms with Crippen LogP contribution in [0.25, 0.3) is 0 Å². The minimum atomic E-state index is 0.0954. The van der Waals surface area contributed by atoms with Crippen molar-refractivity contribution in [2.45, 2.75) is 38.9 Å². The molecule has 126 valence electrons. The first kappa shape index (κ1) is 18.1. The molecule has 0 fully saturated rings. The molecule has 1 amide bonds. The van der Waals surface area contributed by atoms with Crippen LogP contribution >= 0.6 is 24.0 Å². The summed E-state index contributed by atoms with van der Waals surface area (Å²) in [6, 6.07) is 6.04. The molecule has 1 aromatic carbocycles. The van der Waals surface area contributed by atoms with E-state index in [4.69, 9.17) is 12.2 Å². The van der Waals surface area contributed by atoms with Crippen molar-refractivity contribution in [2.75, 3.05) is 29.1 Å². The van der Waals surface area contributed by atoms with Crippen LogP contribution in [0.4, 0.5) is 11.4 Å². The molecule has 0 saturated carbocycles. The van der Waals surface area contributed by atoms with Gasteiger partial charge in [0.15, 0.2) is 5.11 Å². The van der Waals surface area contributed by atoms with Gasteiger partial charge in [0, 0.05) is 41.9 Å². The normalized spacial score (nSPS) is 13.7. The van der Waals surface area contributed by atoms with Crippen molar-refractivity contribution in [3.05, 3.63) is 23.8 Å². The Bertz CT molecular complexity index is 596. The Hall–Kier alpha value is -1.27. The van der Waals surface area contributed by atoms with Gasteiger partial charge in [0.1, 0.15) is 0 Å². The smallest absolute Gasteiger partial charge is 0.223 e. The fourth-order valence-electron chi connectivity index (χ4n) is 2.50. The third kappa shape index (κ3) is 5.39. The molecule has 0 atom stereocenters. The van der Waals surface area contributed by atoms with Crippen molar-refractivity contribution in [1.29, 1.82) is 0 Å². The molecular formula is C17H25N3OS2. The molecule has 6 heteroatoms. The fraction of sp³-hybridized carbons (Fsp3) is 0.529. The van der Waals surface area contributed by atoms with E-state index in [1.165, 1.54) is 5.56 Å². The average molecular weight is 352 g/mol. The van der Waals surface area contributed by atoms with Gasteiger partial charge < -0.3 is 15.5 Å². The van der Waals surface area contributed by atoms with Crippen molar-refractivity contribution in [1.82, 2.24) is 5.32 Å². The molecule has 0 aliphatic carbocycles. The number of carbonyl (C=O) groups is 1. The number of nitrogens with zero attached hydrogens (tertiary/aromatic N) is 1. The summed E-state index contributed by atoms with van der Waals surface area (Å²) in [7, 11) is 0. The Labute approximate surface area is 148 Å². The molecule has 1 aromatic rings. The van der Waals surface area contributed by atoms with E-state index in [0.717, 1.165) is 36.6 Å². The summed E-state index contributed by atoms with van der Waals surface area (Å²) in [4.78, 5) is 13.4. The standard InChI is InChI=1S/C17H25N3OS2/c1-12(21)20-9-7-13-11-14(5-6-15(13)20)19-16(22)18-8-10-23-17(2,3)4/h5-6,11H,7-10H2,1-4H3,(H2,18,19,22). The quantitative estimate of drug-likeness (QED) is 0.643. The molecule has 1 aliphatic heterocycles. The van der Waals surface area contributed by atoms with Crippen LogP contribution < -0.4 is 15.5 Å². The van der Waals surface area contributed by atoms with Crippen LogP contribution in [0.15, 0.2) is 18.2 Å². The van der Waals surface area contributed by atoms with Gasteiger partial charge in [-0.3, -0.25) is 4.79 Å². The Kier molecular flexibility index (Phi) is 5.92. The lowest BCUT2D eigenvalue weighted by molar-refractivity contribution is -0.116. The predicted octanol–water partition coefficient (Wildman–Crippen LogP) is 3.41. The third-order valence-corrected chi connectivity index (χ3v) is 5.06. The number of thiocarbonyl (C=S) groups is 1. The van der Waals surface area contributed by atoms with Crippen LogP contribution in [0.2, 0.25) is 0 Å². The number of nitrogens with one attached hydrogen (secondary N) is 2. The predicted molar refractivity (Wildman–Crippen MR) is 105 cm³/mol. The molecule has 0 radical (unpaired) electrons. The summed E-state index contributed by atoms with van der Waals surface area (Å²) in [5.74, 6) is 1.11. The molecule has 0 bridgehead atoms. The van der Waals surface area contributed by atoms with Crippen LogP contribution in [-0.4, -0.2) is 34.6 Å². The molecule has 0 spiro atoms. The first-order valence-corrected chi connectivity index (χ1v) is 9.25. The van der Waals surface area contributed by atoms with Crippen LogP contribution in [0.3, 0.4) is 0 Å². The number of fused-ring (bicyclic) bond motifs is 1. The largest absolute Gasteiger partial charge is 0.362 e. The van der Waals surface area contributed by atoms with E-state index < -0.39 is 0 Å². The summed E-state index contributed by atoms with van der Waals surface area (Å²) >= 11 is 7.25. The first-order chi connectivity index (χ1) is 10.8. The zero-order chi connectivity index (χ0) is 17.0. The molecule has 1 heterocycles. The lowest BCUT2D eigenvalue weighted by Crippen LogP contribution is -2.31. The van der Waals surface area contributed by atoms with Gasteiger partial charge in [0.2, 0.25) is 5.91 Å². The van der Waals surface area contributed by atoms with E-state index in [-0.39, 0.29) is 10.7 Å². The Morgan fingerprint density at radius 1 is 1.39 bits per heavy atom. The number of hydrogen-bond donors (Lipinski definition) is 2. The zero-order valence-electron chi connectivity index (χ0n) is 14.2. The molecule has 1 aliphatic rings. The van der Waals surface area contributed by atoms with E-state index >= 15 is 0 Å². The maximum atomic E-state index is 11.6. The summed E-state index contributed by atoms with van der Waals surface area (Å²) < 4.78 is 0.277. The van der Waals surface area contributed by atoms with Gasteiger partial charge in [-0.1, -0.05) is 20.8 Å². The van der Waals surface area contributed by atoms with Gasteiger partial charge in [-0.05, 0) is 42.4 Å². The molecule has 2 rings (SSSR count). The number of carbonyl (C=O) groups excluding carboxylic acids is 1. The van der Waals surface area contributed by atoms with Gasteiger partial charge >= 0.3 is 0 Å². The van der Waals surface area contributed by atoms with E-state index in [1.54, 1.807) is 6.92 Å². The molecule has 4 nitrogen and oxygen atoms in total. The summed E-state index contributed by atoms with van der Waals surface area (Å²) in [6.07, 6.45) is 0.896. The average Bonchev–Trinajstić information content (AvgIpc) is 2.86. The van der Waals surface area contributed by atoms with Gasteiger partial charge in [0.05, 0.1) is 0 Å². The molecular weight excluding hydrogens is 326 g/mol. The summed E-state index contributed by atoms with van der Waals surface area (Å²) in [5, 5.41) is 7.09. The van der Waals surface area contributed by atoms with Gasteiger partial charge in [-0.2, -0.15) is 11.8 Å². The van der Waals surface area contributed by atoms with Crippen molar-refractivity contribution in [3.8, 4) is 0 Å². The van der Waals surface area contributed by atoms with E-state index in [1.807, 2.05) is 28.8 Å². The number of thioether (sulfide) groups is 1. The van der Waals surface area contributed by atoms with Gasteiger partial charge in [0.25, 0.3) is 0 Å². The topological polar surface area (TPSA) is 44.4 Å². The SMILES string of the molecule is CC(=O)N1CCc2cc(NC(=S)NCCSC(C)(C)C)ccc21. The van der Waals surface area contributed by atoms with Crippen molar-refractivity contribution in [3.63, 3.8) is 0 Å². The molecule has 23 heavy (non-hydrogen) atoms. The Morgan fingerprint density at radius 2 is 2.13 bits per heavy atom. The zero-order valence-corrected chi connectivity index (χ0v) is 15.9. The Balaban J connectivity index is 1.84. The number of hydrogen-bond acceptors (Lipinski definition) is 3. The maximum absolute atomic E-state index is 11.6. The van der Waals surface area contributed by atoms with Crippen LogP contribution in [-0.2, 0) is 11.2 Å². The highest BCUT2D eigenvalue weighted by Gasteiger charge is 2.22. The van der Waals surface area contributed by atoms with E-state index in [2.05, 4.69) is 37.5 Å². The van der Waals surface area contributed by atoms with Crippen LogP contribution in [0, 0.1) is 0 Å². The second-order valence-electron chi connectivity index (χ2n) is 6.61. The van der Waals surface area contributed by atoms with Crippen molar-refractivity contribution < 1.29 is 4.79 Å². The van der Waals surface area contributed by atoms with Crippen molar-refractivity contribution in [2.24, 2.45) is 0 Å². The lowest BCUT2D eigenvalue weighted by atomic mass is 10.1. The van der Waals surface area contributed by atoms with Gasteiger partial charge in [-0.25, -0.2) is 0 Å². The number of rotatable bonds is 4. The highest BCUT2D eigenvalue weighted by molar-refractivity contribution is 8.00. The monoisotopic (exact) mass is 351 g/mol. The number of benzene rings is 1. The molecule has 0 saturated heterocycles. The second kappa shape index (κ2) is 7.53. The highest BCUT2D eigenvalue weighted by Crippen LogP contribution is 2.30. The summed E-state index contributed by atoms with van der Waals surface area (Å²) in [5.41, 5.74) is 3.18. The second-order valence-corrected chi connectivity index (χ2v) is 8.94. The van der Waals surface area contributed by atoms with E-state index in [0.29, 0.717) is 5.11 Å². The lowest BCUT2D eigenvalue weighted by Gasteiger charge is -2.18. The minimum Gasteiger partial charge on any atom is -0.362 e. The van der Waals surface area contributed by atoms with Crippen LogP contribution in [0.5, 0.6) is 0 Å². The fourth-order valence-corrected chi connectivity index (χ4v) is 3.54. The number of amides is 1. The van der Waals surface area contributed by atoms with E-state index in [9.17, 15) is 4.79 Å². The van der Waals surface area contributed by atoms with Crippen molar-refractivity contribution >= 4 is 46.4 Å². The minimum absolute atomic E-state index is 0.0954. The molecule has 0 aromatic heterocycles. The molecule has 2 N–H and O–H groups in total.